The normalized spacial score (nSPS) is 10.9. The fraction of sp³-hybridized carbons (Fsp3) is 0.385. The predicted molar refractivity (Wildman–Crippen MR) is 58.9 cm³/mol. The van der Waals surface area contributed by atoms with Crippen LogP contribution in [-0.2, 0) is 6.42 Å². The number of unbranched alkanes of at least 4 members (excludes halogenated alkanes) is 1. The molecular weight excluding hydrogens is 156 g/mol. The van der Waals surface area contributed by atoms with E-state index in [1.165, 1.54) is 30.4 Å². The molecular formula is C13H18. The summed E-state index contributed by atoms with van der Waals surface area (Å²) in [4.78, 5) is 0. The van der Waals surface area contributed by atoms with Gasteiger partial charge in [0.25, 0.3) is 0 Å². The van der Waals surface area contributed by atoms with Crippen LogP contribution < -0.4 is 0 Å². The topological polar surface area (TPSA) is 0 Å². The molecule has 0 bridgehead atoms. The molecule has 0 saturated carbocycles. The van der Waals surface area contributed by atoms with Crippen LogP contribution in [0.2, 0.25) is 0 Å². The zero-order valence-corrected chi connectivity index (χ0v) is 8.59. The molecule has 0 unspecified atom stereocenters. The van der Waals surface area contributed by atoms with Crippen LogP contribution >= 0.6 is 0 Å². The summed E-state index contributed by atoms with van der Waals surface area (Å²) in [6, 6.07) is 8.83. The van der Waals surface area contributed by atoms with E-state index in [0.29, 0.717) is 0 Å². The number of hydrogen-bond donors (Lipinski definition) is 0. The van der Waals surface area contributed by atoms with Crippen LogP contribution in [0.1, 0.15) is 30.9 Å². The van der Waals surface area contributed by atoms with Crippen molar-refractivity contribution in [3.05, 3.63) is 47.5 Å². The van der Waals surface area contributed by atoms with Gasteiger partial charge < -0.3 is 0 Å². The number of allylic oxidation sites excluding steroid dienone is 2. The second-order valence-corrected chi connectivity index (χ2v) is 3.45. The Labute approximate surface area is 81.3 Å². The lowest BCUT2D eigenvalue weighted by Crippen LogP contribution is -1.84. The SMILES string of the molecule is C/C=C/CCCc1ccc(C)cc1. The predicted octanol–water partition coefficient (Wildman–Crippen LogP) is 3.89. The Morgan fingerprint density at radius 3 is 2.46 bits per heavy atom. The van der Waals surface area contributed by atoms with E-state index in [-0.39, 0.29) is 0 Å². The number of hydrogen-bond acceptors (Lipinski definition) is 0. The molecule has 0 saturated heterocycles. The van der Waals surface area contributed by atoms with Crippen molar-refractivity contribution < 1.29 is 0 Å². The third-order valence-electron chi connectivity index (χ3n) is 2.19. The first-order valence-corrected chi connectivity index (χ1v) is 4.99. The Morgan fingerprint density at radius 2 is 1.85 bits per heavy atom. The molecule has 70 valence electrons. The average molecular weight is 174 g/mol. The zero-order chi connectivity index (χ0) is 9.52. The first kappa shape index (κ1) is 10.0. The lowest BCUT2D eigenvalue weighted by molar-refractivity contribution is 0.842. The molecule has 0 heterocycles. The Kier molecular flexibility index (Phi) is 4.31. The van der Waals surface area contributed by atoms with E-state index in [0.717, 1.165) is 0 Å². The van der Waals surface area contributed by atoms with Crippen molar-refractivity contribution in [2.45, 2.75) is 33.1 Å². The molecule has 0 N–H and O–H groups in total. The molecule has 1 rings (SSSR count). The number of benzene rings is 1. The van der Waals surface area contributed by atoms with Crippen LogP contribution in [0.5, 0.6) is 0 Å². The molecule has 0 spiro atoms. The molecule has 0 atom stereocenters. The quantitative estimate of drug-likeness (QED) is 0.480. The average Bonchev–Trinajstić information content (AvgIpc) is 2.15. The van der Waals surface area contributed by atoms with E-state index in [9.17, 15) is 0 Å². The monoisotopic (exact) mass is 174 g/mol. The standard InChI is InChI=1S/C13H18/c1-3-4-5-6-7-13-10-8-12(2)9-11-13/h3-4,8-11H,5-7H2,1-2H3/b4-3+. The third-order valence-corrected chi connectivity index (χ3v) is 2.19. The molecule has 0 aliphatic heterocycles. The highest BCUT2D eigenvalue weighted by Gasteiger charge is 1.90. The van der Waals surface area contributed by atoms with Crippen LogP contribution in [0.15, 0.2) is 36.4 Å². The molecule has 0 aliphatic rings. The summed E-state index contributed by atoms with van der Waals surface area (Å²) in [5, 5.41) is 0. The van der Waals surface area contributed by atoms with E-state index in [1.807, 2.05) is 0 Å². The minimum atomic E-state index is 1.20. The van der Waals surface area contributed by atoms with Gasteiger partial charge in [0.1, 0.15) is 0 Å². The molecule has 13 heavy (non-hydrogen) atoms. The summed E-state index contributed by atoms with van der Waals surface area (Å²) in [5.41, 5.74) is 2.80. The third kappa shape index (κ3) is 3.93. The van der Waals surface area contributed by atoms with E-state index >= 15 is 0 Å². The summed E-state index contributed by atoms with van der Waals surface area (Å²) in [6.45, 7) is 4.20. The Morgan fingerprint density at radius 1 is 1.15 bits per heavy atom. The maximum absolute atomic E-state index is 2.23. The van der Waals surface area contributed by atoms with Crippen molar-refractivity contribution in [2.75, 3.05) is 0 Å². The molecule has 0 aromatic heterocycles. The summed E-state index contributed by atoms with van der Waals surface area (Å²) >= 11 is 0. The van der Waals surface area contributed by atoms with Crippen molar-refractivity contribution in [1.29, 1.82) is 0 Å². The molecule has 0 aliphatic carbocycles. The highest BCUT2D eigenvalue weighted by atomic mass is 14.0. The van der Waals surface area contributed by atoms with E-state index < -0.39 is 0 Å². The minimum Gasteiger partial charge on any atom is -0.0917 e. The van der Waals surface area contributed by atoms with Gasteiger partial charge in [-0.2, -0.15) is 0 Å². The number of aryl methyl sites for hydroxylation is 2. The van der Waals surface area contributed by atoms with Crippen molar-refractivity contribution in [3.63, 3.8) is 0 Å². The van der Waals surface area contributed by atoms with Gasteiger partial charge in [-0.05, 0) is 38.7 Å². The van der Waals surface area contributed by atoms with Crippen LogP contribution in [0, 0.1) is 6.92 Å². The molecule has 0 amide bonds. The molecule has 1 aromatic rings. The zero-order valence-electron chi connectivity index (χ0n) is 8.59. The Hall–Kier alpha value is -1.04. The summed E-state index contributed by atoms with van der Waals surface area (Å²) < 4.78 is 0. The highest BCUT2D eigenvalue weighted by molar-refractivity contribution is 5.21. The van der Waals surface area contributed by atoms with Gasteiger partial charge in [0.05, 0.1) is 0 Å². The first-order valence-electron chi connectivity index (χ1n) is 4.99. The van der Waals surface area contributed by atoms with Crippen LogP contribution in [-0.4, -0.2) is 0 Å². The van der Waals surface area contributed by atoms with Gasteiger partial charge in [-0.15, -0.1) is 0 Å². The fourth-order valence-electron chi connectivity index (χ4n) is 1.35. The molecule has 0 fully saturated rings. The second-order valence-electron chi connectivity index (χ2n) is 3.45. The molecule has 0 nitrogen and oxygen atoms in total. The lowest BCUT2D eigenvalue weighted by atomic mass is 10.1. The second kappa shape index (κ2) is 5.58. The first-order chi connectivity index (χ1) is 6.33. The summed E-state index contributed by atoms with van der Waals surface area (Å²) in [6.07, 6.45) is 8.01. The van der Waals surface area contributed by atoms with Crippen molar-refractivity contribution in [1.82, 2.24) is 0 Å². The Bertz CT molecular complexity index is 254. The van der Waals surface area contributed by atoms with Crippen molar-refractivity contribution in [3.8, 4) is 0 Å². The summed E-state index contributed by atoms with van der Waals surface area (Å²) in [5.74, 6) is 0. The molecule has 0 radical (unpaired) electrons. The van der Waals surface area contributed by atoms with Gasteiger partial charge in [0, 0.05) is 0 Å². The van der Waals surface area contributed by atoms with Gasteiger partial charge in [-0.1, -0.05) is 42.0 Å². The van der Waals surface area contributed by atoms with E-state index in [4.69, 9.17) is 0 Å². The van der Waals surface area contributed by atoms with Gasteiger partial charge in [-0.3, -0.25) is 0 Å². The van der Waals surface area contributed by atoms with Crippen LogP contribution in [0.3, 0.4) is 0 Å². The Balaban J connectivity index is 2.33. The van der Waals surface area contributed by atoms with Gasteiger partial charge in [0.15, 0.2) is 0 Å². The smallest absolute Gasteiger partial charge is 0.0276 e. The van der Waals surface area contributed by atoms with E-state index in [1.54, 1.807) is 0 Å². The van der Waals surface area contributed by atoms with Gasteiger partial charge >= 0.3 is 0 Å². The van der Waals surface area contributed by atoms with Gasteiger partial charge in [-0.25, -0.2) is 0 Å². The van der Waals surface area contributed by atoms with Crippen molar-refractivity contribution in [2.24, 2.45) is 0 Å². The van der Waals surface area contributed by atoms with Crippen molar-refractivity contribution >= 4 is 0 Å². The van der Waals surface area contributed by atoms with Gasteiger partial charge in [0.2, 0.25) is 0 Å². The van der Waals surface area contributed by atoms with Crippen LogP contribution in [0.4, 0.5) is 0 Å². The van der Waals surface area contributed by atoms with Crippen LogP contribution in [0.25, 0.3) is 0 Å². The highest BCUT2D eigenvalue weighted by Crippen LogP contribution is 2.07. The molecule has 1 aromatic carbocycles. The fourth-order valence-corrected chi connectivity index (χ4v) is 1.35. The number of rotatable bonds is 4. The molecule has 0 heteroatoms. The largest absolute Gasteiger partial charge is 0.0917 e. The maximum atomic E-state index is 2.23. The lowest BCUT2D eigenvalue weighted by Gasteiger charge is -1.99. The summed E-state index contributed by atoms with van der Waals surface area (Å²) in [7, 11) is 0. The maximum Gasteiger partial charge on any atom is -0.0276 e. The minimum absolute atomic E-state index is 1.20. The van der Waals surface area contributed by atoms with E-state index in [2.05, 4.69) is 50.3 Å².